The summed E-state index contributed by atoms with van der Waals surface area (Å²) in [6.07, 6.45) is 2.68. The maximum Gasteiger partial charge on any atom is 0.322 e. The highest BCUT2D eigenvalue weighted by Crippen LogP contribution is 2.30. The number of hydrogen-bond donors (Lipinski definition) is 2. The predicted molar refractivity (Wildman–Crippen MR) is 151 cm³/mol. The summed E-state index contributed by atoms with van der Waals surface area (Å²) < 4.78 is 0. The molecule has 0 atom stereocenters. The van der Waals surface area contributed by atoms with Crippen LogP contribution in [0.25, 0.3) is 10.9 Å². The largest absolute Gasteiger partial charge is 0.361 e. The number of rotatable bonds is 9. The van der Waals surface area contributed by atoms with E-state index in [1.807, 2.05) is 73.5 Å². The Morgan fingerprint density at radius 3 is 2.30 bits per heavy atom. The minimum Gasteiger partial charge on any atom is -0.361 e. The van der Waals surface area contributed by atoms with E-state index in [2.05, 4.69) is 16.4 Å². The van der Waals surface area contributed by atoms with Gasteiger partial charge in [-0.15, -0.1) is 0 Å². The highest BCUT2D eigenvalue weighted by atomic mass is 35.5. The van der Waals surface area contributed by atoms with Gasteiger partial charge >= 0.3 is 6.03 Å². The standard InChI is InChI=1S/C29H30Cl2N4O2/c1-20(2)35(29(37)33-28-24(30)12-8-13-25(28)31)19-27(36)34(18-21-9-4-3-5-10-21)16-15-22-17-32-26-14-7-6-11-23(22)26/h3-14,17,20,32H,15-16,18-19H2,1-2H3,(H,33,37). The van der Waals surface area contributed by atoms with Gasteiger partial charge in [0, 0.05) is 36.2 Å². The number of nitrogens with zero attached hydrogens (tertiary/aromatic N) is 2. The smallest absolute Gasteiger partial charge is 0.322 e. The van der Waals surface area contributed by atoms with Crippen LogP contribution in [-0.2, 0) is 17.8 Å². The van der Waals surface area contributed by atoms with E-state index in [1.54, 1.807) is 18.2 Å². The fourth-order valence-electron chi connectivity index (χ4n) is 4.22. The summed E-state index contributed by atoms with van der Waals surface area (Å²) in [4.78, 5) is 33.4. The fraction of sp³-hybridized carbons (Fsp3) is 0.241. The van der Waals surface area contributed by atoms with E-state index in [0.717, 1.165) is 22.0 Å². The second kappa shape index (κ2) is 12.2. The summed E-state index contributed by atoms with van der Waals surface area (Å²) in [7, 11) is 0. The molecule has 8 heteroatoms. The predicted octanol–water partition coefficient (Wildman–Crippen LogP) is 6.99. The molecule has 0 radical (unpaired) electrons. The summed E-state index contributed by atoms with van der Waals surface area (Å²) in [6.45, 7) is 4.63. The number of hydrogen-bond acceptors (Lipinski definition) is 2. The zero-order valence-corrected chi connectivity index (χ0v) is 22.4. The van der Waals surface area contributed by atoms with Crippen molar-refractivity contribution in [2.45, 2.75) is 32.9 Å². The first-order valence-electron chi connectivity index (χ1n) is 12.2. The van der Waals surface area contributed by atoms with E-state index in [-0.39, 0.29) is 18.5 Å². The zero-order chi connectivity index (χ0) is 26.4. The molecule has 0 unspecified atom stereocenters. The van der Waals surface area contributed by atoms with E-state index in [1.165, 1.54) is 4.90 Å². The lowest BCUT2D eigenvalue weighted by Crippen LogP contribution is -2.47. The van der Waals surface area contributed by atoms with E-state index in [9.17, 15) is 9.59 Å². The van der Waals surface area contributed by atoms with Crippen LogP contribution in [0.5, 0.6) is 0 Å². The van der Waals surface area contributed by atoms with Gasteiger partial charge < -0.3 is 20.1 Å². The number of benzene rings is 3. The van der Waals surface area contributed by atoms with Gasteiger partial charge in [-0.25, -0.2) is 4.79 Å². The first-order valence-corrected chi connectivity index (χ1v) is 13.0. The number of halogens is 2. The van der Waals surface area contributed by atoms with Gasteiger partial charge in [0.15, 0.2) is 0 Å². The Morgan fingerprint density at radius 2 is 1.59 bits per heavy atom. The van der Waals surface area contributed by atoms with Gasteiger partial charge in [-0.2, -0.15) is 0 Å². The summed E-state index contributed by atoms with van der Waals surface area (Å²) in [5.41, 5.74) is 3.57. The van der Waals surface area contributed by atoms with Crippen molar-refractivity contribution in [3.63, 3.8) is 0 Å². The number of carbonyl (C=O) groups is 2. The normalized spacial score (nSPS) is 11.1. The molecule has 0 bridgehead atoms. The van der Waals surface area contributed by atoms with Crippen molar-refractivity contribution in [2.24, 2.45) is 0 Å². The van der Waals surface area contributed by atoms with Gasteiger partial charge in [0.1, 0.15) is 6.54 Å². The Labute approximate surface area is 227 Å². The number of aromatic nitrogens is 1. The molecule has 1 aromatic heterocycles. The van der Waals surface area contributed by atoms with Gasteiger partial charge in [-0.1, -0.05) is 77.8 Å². The van der Waals surface area contributed by atoms with Crippen LogP contribution >= 0.6 is 23.2 Å². The monoisotopic (exact) mass is 536 g/mol. The number of urea groups is 1. The second-order valence-corrected chi connectivity index (χ2v) is 9.97. The molecule has 0 aliphatic heterocycles. The number of amides is 3. The average molecular weight is 537 g/mol. The average Bonchev–Trinajstić information content (AvgIpc) is 3.30. The van der Waals surface area contributed by atoms with Crippen molar-refractivity contribution in [1.29, 1.82) is 0 Å². The number of anilines is 1. The van der Waals surface area contributed by atoms with Crippen LogP contribution < -0.4 is 5.32 Å². The molecule has 6 nitrogen and oxygen atoms in total. The van der Waals surface area contributed by atoms with Crippen molar-refractivity contribution in [3.05, 3.63) is 100 Å². The molecular weight excluding hydrogens is 507 g/mol. The Hall–Kier alpha value is -3.48. The number of aromatic amines is 1. The Morgan fingerprint density at radius 1 is 0.919 bits per heavy atom. The molecule has 37 heavy (non-hydrogen) atoms. The van der Waals surface area contributed by atoms with Crippen molar-refractivity contribution in [2.75, 3.05) is 18.4 Å². The number of nitrogens with one attached hydrogen (secondary N) is 2. The lowest BCUT2D eigenvalue weighted by molar-refractivity contribution is -0.132. The van der Waals surface area contributed by atoms with Crippen LogP contribution in [0, 0.1) is 0 Å². The van der Waals surface area contributed by atoms with Crippen LogP contribution in [0.4, 0.5) is 10.5 Å². The van der Waals surface area contributed by atoms with Crippen LogP contribution in [0.3, 0.4) is 0 Å². The van der Waals surface area contributed by atoms with Crippen molar-refractivity contribution >= 4 is 51.7 Å². The summed E-state index contributed by atoms with van der Waals surface area (Å²) in [5.74, 6) is -0.141. The summed E-state index contributed by atoms with van der Waals surface area (Å²) in [5, 5.41) is 4.59. The molecule has 0 aliphatic carbocycles. The fourth-order valence-corrected chi connectivity index (χ4v) is 4.71. The van der Waals surface area contributed by atoms with Crippen LogP contribution in [0.1, 0.15) is 25.0 Å². The molecule has 3 amide bonds. The Balaban J connectivity index is 1.51. The van der Waals surface area contributed by atoms with Gasteiger partial charge in [-0.05, 0) is 49.6 Å². The van der Waals surface area contributed by atoms with E-state index in [4.69, 9.17) is 23.2 Å². The molecule has 4 aromatic rings. The molecule has 0 saturated heterocycles. The van der Waals surface area contributed by atoms with E-state index >= 15 is 0 Å². The molecule has 3 aromatic carbocycles. The van der Waals surface area contributed by atoms with E-state index < -0.39 is 6.03 Å². The minimum atomic E-state index is -0.436. The minimum absolute atomic E-state index is 0.0771. The molecule has 1 heterocycles. The maximum absolute atomic E-state index is 13.6. The first kappa shape index (κ1) is 26.6. The first-order chi connectivity index (χ1) is 17.8. The summed E-state index contributed by atoms with van der Waals surface area (Å²) in [6, 6.07) is 22.3. The Bertz CT molecular complexity index is 1350. The molecule has 4 rings (SSSR count). The Kier molecular flexibility index (Phi) is 8.74. The lowest BCUT2D eigenvalue weighted by Gasteiger charge is -2.30. The molecule has 2 N–H and O–H groups in total. The van der Waals surface area contributed by atoms with Gasteiger partial charge in [0.2, 0.25) is 5.91 Å². The van der Waals surface area contributed by atoms with Crippen molar-refractivity contribution in [3.8, 4) is 0 Å². The summed E-state index contributed by atoms with van der Waals surface area (Å²) >= 11 is 12.5. The molecule has 0 saturated carbocycles. The molecule has 0 fully saturated rings. The molecule has 0 aliphatic rings. The molecule has 192 valence electrons. The number of fused-ring (bicyclic) bond motifs is 1. The van der Waals surface area contributed by atoms with Crippen molar-refractivity contribution < 1.29 is 9.59 Å². The lowest BCUT2D eigenvalue weighted by atomic mass is 10.1. The quantitative estimate of drug-likeness (QED) is 0.242. The van der Waals surface area contributed by atoms with Gasteiger partial charge in [0.25, 0.3) is 0 Å². The van der Waals surface area contributed by atoms with Crippen LogP contribution in [0.2, 0.25) is 10.0 Å². The third kappa shape index (κ3) is 6.64. The van der Waals surface area contributed by atoms with Crippen molar-refractivity contribution in [1.82, 2.24) is 14.8 Å². The third-order valence-corrected chi connectivity index (χ3v) is 6.91. The topological polar surface area (TPSA) is 68.4 Å². The van der Waals surface area contributed by atoms with Gasteiger partial charge in [0.05, 0.1) is 15.7 Å². The SMILES string of the molecule is CC(C)N(CC(=O)N(CCc1c[nH]c2ccccc12)Cc1ccccc1)C(=O)Nc1c(Cl)cccc1Cl. The van der Waals surface area contributed by atoms with Gasteiger partial charge in [-0.3, -0.25) is 4.79 Å². The molecular formula is C29H30Cl2N4O2. The van der Waals surface area contributed by atoms with Crippen LogP contribution in [-0.4, -0.2) is 45.9 Å². The third-order valence-electron chi connectivity index (χ3n) is 6.28. The second-order valence-electron chi connectivity index (χ2n) is 9.16. The zero-order valence-electron chi connectivity index (χ0n) is 20.9. The maximum atomic E-state index is 13.6. The van der Waals surface area contributed by atoms with E-state index in [0.29, 0.717) is 35.2 Å². The number of H-pyrrole nitrogens is 1. The van der Waals surface area contributed by atoms with Crippen LogP contribution in [0.15, 0.2) is 79.0 Å². The highest BCUT2D eigenvalue weighted by Gasteiger charge is 2.25. The molecule has 0 spiro atoms. The highest BCUT2D eigenvalue weighted by molar-refractivity contribution is 6.39. The number of carbonyl (C=O) groups excluding carboxylic acids is 2. The number of para-hydroxylation sites is 2.